The molecule has 0 saturated carbocycles. The number of aromatic nitrogens is 5. The molecule has 0 unspecified atom stereocenters. The molecule has 0 aliphatic heterocycles. The lowest BCUT2D eigenvalue weighted by molar-refractivity contribution is 0.219. The number of fused-ring (bicyclic) bond motifs is 1. The number of nitrogens with zero attached hydrogens (tertiary/aromatic N) is 5. The number of hydrogen-bond donors (Lipinski definition) is 1. The fraction of sp³-hybridized carbons (Fsp3) is 0.158. The van der Waals surface area contributed by atoms with Gasteiger partial charge in [-0.3, -0.25) is 4.68 Å². The number of rotatable bonds is 4. The predicted octanol–water partition coefficient (Wildman–Crippen LogP) is 4.45. The van der Waals surface area contributed by atoms with Gasteiger partial charge in [0.05, 0.1) is 20.9 Å². The molecule has 2 aromatic heterocycles. The van der Waals surface area contributed by atoms with E-state index in [2.05, 4.69) is 20.1 Å². The number of aryl methyl sites for hydroxylation is 1. The minimum absolute atomic E-state index is 0.307. The summed E-state index contributed by atoms with van der Waals surface area (Å²) in [6.45, 7) is 1.86. The molecule has 142 valence electrons. The Labute approximate surface area is 171 Å². The van der Waals surface area contributed by atoms with Crippen molar-refractivity contribution < 1.29 is 4.74 Å². The summed E-state index contributed by atoms with van der Waals surface area (Å²) in [5.74, 6) is 1.41. The van der Waals surface area contributed by atoms with Gasteiger partial charge in [-0.05, 0) is 25.1 Å². The molecule has 0 radical (unpaired) electrons. The van der Waals surface area contributed by atoms with E-state index >= 15 is 0 Å². The van der Waals surface area contributed by atoms with Gasteiger partial charge in [0, 0.05) is 18.2 Å². The van der Waals surface area contributed by atoms with Gasteiger partial charge in [0.1, 0.15) is 24.2 Å². The highest BCUT2D eigenvalue weighted by atomic mass is 35.5. The summed E-state index contributed by atoms with van der Waals surface area (Å²) in [6.07, 6.45) is 2.65. The van der Waals surface area contributed by atoms with E-state index in [4.69, 9.17) is 33.7 Å². The fourth-order valence-electron chi connectivity index (χ4n) is 2.98. The minimum Gasteiger partial charge on any atom is -0.482 e. The zero-order valence-electron chi connectivity index (χ0n) is 15.1. The number of ether oxygens (including phenoxy) is 1. The minimum atomic E-state index is -0.385. The van der Waals surface area contributed by atoms with Crippen LogP contribution in [0.1, 0.15) is 18.9 Å². The Morgan fingerprint density at radius 1 is 1.07 bits per heavy atom. The Kier molecular flexibility index (Phi) is 4.78. The van der Waals surface area contributed by atoms with Gasteiger partial charge >= 0.3 is 0 Å². The van der Waals surface area contributed by atoms with E-state index < -0.39 is 0 Å². The smallest absolute Gasteiger partial charge is 0.191 e. The molecular formula is C19H16Cl2N6O. The molecule has 0 saturated heterocycles. The second-order valence-corrected chi connectivity index (χ2v) is 7.02. The van der Waals surface area contributed by atoms with Crippen molar-refractivity contribution in [3.63, 3.8) is 0 Å². The van der Waals surface area contributed by atoms with Crippen molar-refractivity contribution in [2.45, 2.75) is 13.0 Å². The average molecular weight is 415 g/mol. The summed E-state index contributed by atoms with van der Waals surface area (Å²) in [5.41, 5.74) is 8.32. The zero-order valence-corrected chi connectivity index (χ0v) is 16.6. The Balaban J connectivity index is 1.85. The molecule has 2 N–H and O–H groups in total. The van der Waals surface area contributed by atoms with Gasteiger partial charge in [-0.2, -0.15) is 5.10 Å². The lowest BCUT2D eigenvalue weighted by atomic mass is 10.0. The van der Waals surface area contributed by atoms with Crippen LogP contribution in [-0.2, 0) is 7.05 Å². The quantitative estimate of drug-likeness (QED) is 0.529. The summed E-state index contributed by atoms with van der Waals surface area (Å²) in [5, 5.41) is 5.79. The highest BCUT2D eigenvalue weighted by Gasteiger charge is 2.19. The van der Waals surface area contributed by atoms with Gasteiger partial charge in [-0.25, -0.2) is 15.0 Å². The molecular weight excluding hydrogens is 399 g/mol. The molecule has 0 aliphatic carbocycles. The van der Waals surface area contributed by atoms with Crippen LogP contribution >= 0.6 is 23.2 Å². The summed E-state index contributed by atoms with van der Waals surface area (Å²) in [7, 11) is 1.80. The van der Waals surface area contributed by atoms with Crippen LogP contribution in [-0.4, -0.2) is 24.7 Å². The number of nitrogen functional groups attached to an aromatic ring is 1. The molecule has 0 amide bonds. The predicted molar refractivity (Wildman–Crippen MR) is 109 cm³/mol. The lowest BCUT2D eigenvalue weighted by Gasteiger charge is -2.16. The maximum atomic E-state index is 6.42. The van der Waals surface area contributed by atoms with E-state index in [1.807, 2.05) is 31.2 Å². The van der Waals surface area contributed by atoms with Crippen LogP contribution in [0.25, 0.3) is 22.0 Å². The number of anilines is 1. The van der Waals surface area contributed by atoms with Crippen LogP contribution < -0.4 is 10.5 Å². The van der Waals surface area contributed by atoms with E-state index in [9.17, 15) is 0 Å². The van der Waals surface area contributed by atoms with Crippen LogP contribution in [0.2, 0.25) is 10.0 Å². The number of nitrogens with two attached hydrogens (primary N) is 1. The van der Waals surface area contributed by atoms with Crippen molar-refractivity contribution in [2.75, 3.05) is 5.73 Å². The molecule has 2 heterocycles. The largest absolute Gasteiger partial charge is 0.482 e. The Bertz CT molecular complexity index is 1180. The summed E-state index contributed by atoms with van der Waals surface area (Å²) in [4.78, 5) is 12.8. The zero-order chi connectivity index (χ0) is 19.8. The third-order valence-corrected chi connectivity index (χ3v) is 5.12. The molecule has 28 heavy (non-hydrogen) atoms. The van der Waals surface area contributed by atoms with Crippen molar-refractivity contribution in [2.24, 2.45) is 7.05 Å². The lowest BCUT2D eigenvalue weighted by Crippen LogP contribution is -2.07. The van der Waals surface area contributed by atoms with Crippen LogP contribution in [0, 0.1) is 0 Å². The van der Waals surface area contributed by atoms with Gasteiger partial charge in [0.25, 0.3) is 0 Å². The van der Waals surface area contributed by atoms with Gasteiger partial charge in [-0.1, -0.05) is 35.3 Å². The van der Waals surface area contributed by atoms with Crippen molar-refractivity contribution in [3.05, 3.63) is 58.9 Å². The first-order valence-corrected chi connectivity index (χ1v) is 9.21. The van der Waals surface area contributed by atoms with Crippen molar-refractivity contribution in [3.8, 4) is 16.9 Å². The molecule has 0 bridgehead atoms. The third kappa shape index (κ3) is 3.23. The maximum absolute atomic E-state index is 6.42. The Morgan fingerprint density at radius 2 is 1.89 bits per heavy atom. The van der Waals surface area contributed by atoms with Crippen molar-refractivity contribution in [1.29, 1.82) is 0 Å². The van der Waals surface area contributed by atoms with E-state index in [-0.39, 0.29) is 6.10 Å². The van der Waals surface area contributed by atoms with Gasteiger partial charge in [0.2, 0.25) is 0 Å². The van der Waals surface area contributed by atoms with Gasteiger partial charge in [0.15, 0.2) is 11.9 Å². The topological polar surface area (TPSA) is 91.7 Å². The van der Waals surface area contributed by atoms with Crippen LogP contribution in [0.4, 0.5) is 5.82 Å². The molecule has 4 aromatic rings. The molecule has 4 rings (SSSR count). The normalized spacial score (nSPS) is 12.3. The second-order valence-electron chi connectivity index (χ2n) is 6.23. The number of halogens is 2. The molecule has 0 fully saturated rings. The first kappa shape index (κ1) is 18.5. The standard InChI is InChI=1S/C19H16Cl2N6O/c1-10(19-25-9-27(2)26-19)28-14-7-6-12(11-4-3-5-13(20)16(11)21)17-15(14)18(22)24-8-23-17/h3-10H,1-2H3,(H2,22,23,24)/t10-/m0/s1. The number of hydrogen-bond acceptors (Lipinski definition) is 6. The maximum Gasteiger partial charge on any atom is 0.191 e. The molecule has 7 nitrogen and oxygen atoms in total. The monoisotopic (exact) mass is 414 g/mol. The van der Waals surface area contributed by atoms with Gasteiger partial charge in [-0.15, -0.1) is 0 Å². The van der Waals surface area contributed by atoms with E-state index in [0.29, 0.717) is 38.3 Å². The van der Waals surface area contributed by atoms with Crippen LogP contribution in [0.15, 0.2) is 43.0 Å². The molecule has 0 spiro atoms. The summed E-state index contributed by atoms with van der Waals surface area (Å²) < 4.78 is 7.72. The molecule has 2 aromatic carbocycles. The summed E-state index contributed by atoms with van der Waals surface area (Å²) in [6, 6.07) is 9.13. The Hall–Kier alpha value is -2.90. The average Bonchev–Trinajstić information content (AvgIpc) is 3.11. The molecule has 0 aliphatic rings. The van der Waals surface area contributed by atoms with E-state index in [1.54, 1.807) is 24.1 Å². The molecule has 9 heteroatoms. The first-order valence-electron chi connectivity index (χ1n) is 8.45. The summed E-state index contributed by atoms with van der Waals surface area (Å²) >= 11 is 12.6. The highest BCUT2D eigenvalue weighted by molar-refractivity contribution is 6.44. The van der Waals surface area contributed by atoms with Crippen LogP contribution in [0.3, 0.4) is 0 Å². The molecule has 1 atom stereocenters. The SMILES string of the molecule is C[C@H](Oc1ccc(-c2cccc(Cl)c2Cl)c2ncnc(N)c12)c1ncn(C)n1. The third-order valence-electron chi connectivity index (χ3n) is 4.31. The number of benzene rings is 2. The van der Waals surface area contributed by atoms with Crippen molar-refractivity contribution in [1.82, 2.24) is 24.7 Å². The first-order chi connectivity index (χ1) is 13.5. The van der Waals surface area contributed by atoms with Crippen LogP contribution in [0.5, 0.6) is 5.75 Å². The van der Waals surface area contributed by atoms with Crippen molar-refractivity contribution >= 4 is 39.9 Å². The second kappa shape index (κ2) is 7.26. The van der Waals surface area contributed by atoms with Gasteiger partial charge < -0.3 is 10.5 Å². The fourth-order valence-corrected chi connectivity index (χ4v) is 3.38. The van der Waals surface area contributed by atoms with E-state index in [0.717, 1.165) is 11.1 Å². The highest BCUT2D eigenvalue weighted by Crippen LogP contribution is 2.40. The Morgan fingerprint density at radius 3 is 2.64 bits per heavy atom. The van der Waals surface area contributed by atoms with E-state index in [1.165, 1.54) is 6.33 Å².